The van der Waals surface area contributed by atoms with Crippen molar-refractivity contribution in [3.63, 3.8) is 0 Å². The number of hydrogen-bond acceptors (Lipinski definition) is 5. The Hall–Kier alpha value is -0.940. The van der Waals surface area contributed by atoms with E-state index in [2.05, 4.69) is 10.1 Å². The van der Waals surface area contributed by atoms with E-state index < -0.39 is 11.7 Å². The summed E-state index contributed by atoms with van der Waals surface area (Å²) in [6.45, 7) is 5.21. The standard InChI is InChI=1S/C8H14N2O3/c1-5(11)6-9-7(10-13-6)8(2,3)12-4/h5,11H,1-4H3. The van der Waals surface area contributed by atoms with Crippen molar-refractivity contribution >= 4 is 0 Å². The van der Waals surface area contributed by atoms with Crippen LogP contribution in [0.2, 0.25) is 0 Å². The van der Waals surface area contributed by atoms with Gasteiger partial charge in [0.05, 0.1) is 0 Å². The Morgan fingerprint density at radius 3 is 2.54 bits per heavy atom. The molecule has 0 aliphatic rings. The minimum absolute atomic E-state index is 0.208. The molecule has 1 rings (SSSR count). The fraction of sp³-hybridized carbons (Fsp3) is 0.750. The summed E-state index contributed by atoms with van der Waals surface area (Å²) in [5.41, 5.74) is -0.587. The Kier molecular flexibility index (Phi) is 2.68. The van der Waals surface area contributed by atoms with Crippen molar-refractivity contribution in [2.45, 2.75) is 32.5 Å². The molecule has 1 atom stereocenters. The first-order chi connectivity index (χ1) is 5.97. The second kappa shape index (κ2) is 3.43. The fourth-order valence-electron chi connectivity index (χ4n) is 0.741. The molecule has 0 saturated carbocycles. The van der Waals surface area contributed by atoms with Gasteiger partial charge in [-0.2, -0.15) is 4.98 Å². The highest BCUT2D eigenvalue weighted by Gasteiger charge is 2.26. The predicted octanol–water partition coefficient (Wildman–Crippen LogP) is 1.00. The highest BCUT2D eigenvalue weighted by molar-refractivity contribution is 4.98. The van der Waals surface area contributed by atoms with Gasteiger partial charge in [0, 0.05) is 7.11 Å². The summed E-state index contributed by atoms with van der Waals surface area (Å²) in [6, 6.07) is 0. The van der Waals surface area contributed by atoms with Crippen LogP contribution < -0.4 is 0 Å². The van der Waals surface area contributed by atoms with E-state index in [1.165, 1.54) is 0 Å². The van der Waals surface area contributed by atoms with Gasteiger partial charge < -0.3 is 14.4 Å². The monoisotopic (exact) mass is 186 g/mol. The van der Waals surface area contributed by atoms with Crippen LogP contribution in [0.25, 0.3) is 0 Å². The maximum Gasteiger partial charge on any atom is 0.255 e. The topological polar surface area (TPSA) is 68.4 Å². The summed E-state index contributed by atoms with van der Waals surface area (Å²) in [7, 11) is 1.57. The molecule has 0 fully saturated rings. The molecule has 0 bridgehead atoms. The molecule has 1 aromatic heterocycles. The van der Waals surface area contributed by atoms with Gasteiger partial charge >= 0.3 is 0 Å². The van der Waals surface area contributed by atoms with Gasteiger partial charge in [-0.15, -0.1) is 0 Å². The number of rotatable bonds is 3. The molecular formula is C8H14N2O3. The third-order valence-electron chi connectivity index (χ3n) is 1.85. The maximum absolute atomic E-state index is 9.14. The number of methoxy groups -OCH3 is 1. The van der Waals surface area contributed by atoms with E-state index >= 15 is 0 Å². The molecule has 0 spiro atoms. The van der Waals surface area contributed by atoms with E-state index in [-0.39, 0.29) is 5.89 Å². The van der Waals surface area contributed by atoms with E-state index in [1.807, 2.05) is 13.8 Å². The van der Waals surface area contributed by atoms with Crippen LogP contribution in [-0.4, -0.2) is 22.4 Å². The fourth-order valence-corrected chi connectivity index (χ4v) is 0.741. The lowest BCUT2D eigenvalue weighted by Crippen LogP contribution is -2.21. The lowest BCUT2D eigenvalue weighted by molar-refractivity contribution is 0.00973. The zero-order valence-corrected chi connectivity index (χ0v) is 8.24. The van der Waals surface area contributed by atoms with Crippen molar-refractivity contribution in [3.05, 3.63) is 11.7 Å². The third kappa shape index (κ3) is 2.05. The summed E-state index contributed by atoms with van der Waals surface area (Å²) >= 11 is 0. The molecule has 74 valence electrons. The minimum Gasteiger partial charge on any atom is -0.384 e. The number of hydrogen-bond donors (Lipinski definition) is 1. The van der Waals surface area contributed by atoms with Gasteiger partial charge in [-0.25, -0.2) is 0 Å². The van der Waals surface area contributed by atoms with E-state index in [4.69, 9.17) is 14.4 Å². The van der Waals surface area contributed by atoms with Crippen LogP contribution in [0, 0.1) is 0 Å². The van der Waals surface area contributed by atoms with Crippen LogP contribution in [0.1, 0.15) is 38.6 Å². The van der Waals surface area contributed by atoms with Crippen LogP contribution in [0.5, 0.6) is 0 Å². The van der Waals surface area contributed by atoms with Crippen molar-refractivity contribution in [1.29, 1.82) is 0 Å². The van der Waals surface area contributed by atoms with E-state index in [1.54, 1.807) is 14.0 Å². The van der Waals surface area contributed by atoms with E-state index in [0.717, 1.165) is 0 Å². The lowest BCUT2D eigenvalue weighted by atomic mass is 10.1. The minimum atomic E-state index is -0.742. The molecule has 1 N–H and O–H groups in total. The zero-order valence-electron chi connectivity index (χ0n) is 8.24. The van der Waals surface area contributed by atoms with Gasteiger partial charge in [-0.3, -0.25) is 0 Å². The molecule has 1 unspecified atom stereocenters. The SMILES string of the molecule is COC(C)(C)c1noc(C(C)O)n1. The molecular weight excluding hydrogens is 172 g/mol. The molecule has 0 aromatic carbocycles. The Balaban J connectivity index is 2.91. The van der Waals surface area contributed by atoms with Crippen LogP contribution in [0.3, 0.4) is 0 Å². The highest BCUT2D eigenvalue weighted by atomic mass is 16.5. The molecule has 0 amide bonds. The summed E-state index contributed by atoms with van der Waals surface area (Å²) in [5, 5.41) is 12.8. The van der Waals surface area contributed by atoms with Crippen molar-refractivity contribution in [3.8, 4) is 0 Å². The van der Waals surface area contributed by atoms with E-state index in [0.29, 0.717) is 5.82 Å². The summed E-state index contributed by atoms with van der Waals surface area (Å²) < 4.78 is 9.97. The summed E-state index contributed by atoms with van der Waals surface area (Å²) in [6.07, 6.45) is -0.742. The van der Waals surface area contributed by atoms with Crippen molar-refractivity contribution in [1.82, 2.24) is 10.1 Å². The van der Waals surface area contributed by atoms with Crippen molar-refractivity contribution in [2.24, 2.45) is 0 Å². The van der Waals surface area contributed by atoms with Gasteiger partial charge in [0.15, 0.2) is 0 Å². The Morgan fingerprint density at radius 1 is 1.54 bits per heavy atom. The lowest BCUT2D eigenvalue weighted by Gasteiger charge is -2.17. The van der Waals surface area contributed by atoms with Gasteiger partial charge in [-0.05, 0) is 20.8 Å². The van der Waals surface area contributed by atoms with Gasteiger partial charge in [0.25, 0.3) is 5.89 Å². The first-order valence-electron chi connectivity index (χ1n) is 4.04. The molecule has 0 aliphatic heterocycles. The quantitative estimate of drug-likeness (QED) is 0.762. The normalized spacial score (nSPS) is 14.5. The average Bonchev–Trinajstić information content (AvgIpc) is 2.52. The first-order valence-corrected chi connectivity index (χ1v) is 4.04. The largest absolute Gasteiger partial charge is 0.384 e. The van der Waals surface area contributed by atoms with Crippen LogP contribution in [0.4, 0.5) is 0 Å². The summed E-state index contributed by atoms with van der Waals surface area (Å²) in [4.78, 5) is 4.00. The molecule has 1 aromatic rings. The Morgan fingerprint density at radius 2 is 2.15 bits per heavy atom. The average molecular weight is 186 g/mol. The highest BCUT2D eigenvalue weighted by Crippen LogP contribution is 2.21. The smallest absolute Gasteiger partial charge is 0.255 e. The van der Waals surface area contributed by atoms with Gasteiger partial charge in [0.2, 0.25) is 5.82 Å². The number of nitrogens with zero attached hydrogens (tertiary/aromatic N) is 2. The maximum atomic E-state index is 9.14. The van der Waals surface area contributed by atoms with Crippen LogP contribution >= 0.6 is 0 Å². The second-order valence-electron chi connectivity index (χ2n) is 3.35. The first kappa shape index (κ1) is 10.1. The predicted molar refractivity (Wildman–Crippen MR) is 45.0 cm³/mol. The number of aromatic nitrogens is 2. The second-order valence-corrected chi connectivity index (χ2v) is 3.35. The number of aliphatic hydroxyl groups excluding tert-OH is 1. The summed E-state index contributed by atoms with van der Waals surface area (Å²) in [5.74, 6) is 0.644. The van der Waals surface area contributed by atoms with Crippen LogP contribution in [-0.2, 0) is 10.3 Å². The molecule has 13 heavy (non-hydrogen) atoms. The molecule has 0 radical (unpaired) electrons. The number of aliphatic hydroxyl groups is 1. The Labute approximate surface area is 76.7 Å². The number of ether oxygens (including phenoxy) is 1. The molecule has 1 heterocycles. The van der Waals surface area contributed by atoms with Gasteiger partial charge in [0.1, 0.15) is 11.7 Å². The van der Waals surface area contributed by atoms with Gasteiger partial charge in [-0.1, -0.05) is 5.16 Å². The Bertz CT molecular complexity index is 281. The molecule has 5 nitrogen and oxygen atoms in total. The molecule has 0 aliphatic carbocycles. The van der Waals surface area contributed by atoms with E-state index in [9.17, 15) is 0 Å². The zero-order chi connectivity index (χ0) is 10.1. The molecule has 5 heteroatoms. The molecule has 0 saturated heterocycles. The van der Waals surface area contributed by atoms with Crippen molar-refractivity contribution in [2.75, 3.05) is 7.11 Å². The van der Waals surface area contributed by atoms with Crippen LogP contribution in [0.15, 0.2) is 4.52 Å². The van der Waals surface area contributed by atoms with Crippen molar-refractivity contribution < 1.29 is 14.4 Å². The third-order valence-corrected chi connectivity index (χ3v) is 1.85.